The van der Waals surface area contributed by atoms with Crippen LogP contribution in [0.2, 0.25) is 0 Å². The topological polar surface area (TPSA) is 79.6 Å². The number of hydrogen-bond acceptors (Lipinski definition) is 5. The fourth-order valence-electron chi connectivity index (χ4n) is 2.77. The molecular formula is C19H20N2O4S. The van der Waals surface area contributed by atoms with Crippen molar-refractivity contribution >= 4 is 10.0 Å². The van der Waals surface area contributed by atoms with E-state index in [0.717, 1.165) is 5.56 Å². The molecule has 0 atom stereocenters. The zero-order valence-electron chi connectivity index (χ0n) is 14.5. The molecule has 0 amide bonds. The Morgan fingerprint density at radius 1 is 1.04 bits per heavy atom. The molecule has 6 nitrogen and oxygen atoms in total. The molecule has 0 aliphatic carbocycles. The summed E-state index contributed by atoms with van der Waals surface area (Å²) in [5.41, 5.74) is 2.01. The third-order valence-corrected chi connectivity index (χ3v) is 6.02. The predicted octanol–water partition coefficient (Wildman–Crippen LogP) is 2.68. The van der Waals surface area contributed by atoms with Gasteiger partial charge < -0.3 is 9.47 Å². The molecule has 0 saturated heterocycles. The van der Waals surface area contributed by atoms with Gasteiger partial charge in [-0.15, -0.1) is 0 Å². The molecule has 26 heavy (non-hydrogen) atoms. The maximum Gasteiger partial charge on any atom is 0.218 e. The highest BCUT2D eigenvalue weighted by Crippen LogP contribution is 2.31. The zero-order chi connectivity index (χ0) is 18.6. The second kappa shape index (κ2) is 7.77. The Bertz CT molecular complexity index is 918. The summed E-state index contributed by atoms with van der Waals surface area (Å²) in [4.78, 5) is 0. The van der Waals surface area contributed by atoms with Crippen LogP contribution in [-0.2, 0) is 22.3 Å². The van der Waals surface area contributed by atoms with Crippen molar-refractivity contribution in [3.8, 4) is 17.6 Å². The van der Waals surface area contributed by atoms with Crippen molar-refractivity contribution in [3.63, 3.8) is 0 Å². The van der Waals surface area contributed by atoms with Gasteiger partial charge in [-0.3, -0.25) is 0 Å². The van der Waals surface area contributed by atoms with Crippen molar-refractivity contribution < 1.29 is 17.9 Å². The van der Waals surface area contributed by atoms with E-state index in [4.69, 9.17) is 14.7 Å². The third-order valence-electron chi connectivity index (χ3n) is 4.14. The minimum atomic E-state index is -3.49. The maximum atomic E-state index is 12.8. The first-order valence-electron chi connectivity index (χ1n) is 8.37. The minimum absolute atomic E-state index is 0.100. The number of nitriles is 1. The van der Waals surface area contributed by atoms with E-state index in [1.54, 1.807) is 24.3 Å². The first kappa shape index (κ1) is 18.2. The Kier molecular flexibility index (Phi) is 5.45. The van der Waals surface area contributed by atoms with Crippen LogP contribution in [0.4, 0.5) is 0 Å². The average Bonchev–Trinajstić information content (AvgIpc) is 2.66. The normalized spacial score (nSPS) is 13.4. The summed E-state index contributed by atoms with van der Waals surface area (Å²) in [6, 6.07) is 14.1. The van der Waals surface area contributed by atoms with E-state index in [-0.39, 0.29) is 12.3 Å². The molecule has 1 heterocycles. The first-order chi connectivity index (χ1) is 12.5. The number of hydrogen-bond donors (Lipinski definition) is 0. The monoisotopic (exact) mass is 372 g/mol. The molecule has 0 radical (unpaired) electrons. The van der Waals surface area contributed by atoms with Crippen molar-refractivity contribution in [2.24, 2.45) is 0 Å². The summed E-state index contributed by atoms with van der Waals surface area (Å²) in [7, 11) is -3.49. The lowest BCUT2D eigenvalue weighted by Gasteiger charge is -2.23. The minimum Gasteiger partial charge on any atom is -0.486 e. The highest BCUT2D eigenvalue weighted by atomic mass is 32.2. The smallest absolute Gasteiger partial charge is 0.218 e. The Labute approximate surface area is 153 Å². The molecular weight excluding hydrogens is 352 g/mol. The Morgan fingerprint density at radius 3 is 2.35 bits per heavy atom. The Balaban J connectivity index is 1.75. The molecule has 0 unspecified atom stereocenters. The number of nitrogens with zero attached hydrogens (tertiary/aromatic N) is 2. The largest absolute Gasteiger partial charge is 0.486 e. The summed E-state index contributed by atoms with van der Waals surface area (Å²) in [6.07, 6.45) is 0. The van der Waals surface area contributed by atoms with E-state index >= 15 is 0 Å². The number of ether oxygens (including phenoxy) is 2. The summed E-state index contributed by atoms with van der Waals surface area (Å²) in [6.45, 7) is 3.46. The van der Waals surface area contributed by atoms with Crippen molar-refractivity contribution in [2.45, 2.75) is 19.2 Å². The van der Waals surface area contributed by atoms with Crippen molar-refractivity contribution in [1.82, 2.24) is 4.31 Å². The zero-order valence-corrected chi connectivity index (χ0v) is 15.3. The SMILES string of the molecule is CCN(Cc1ccc2c(c1)OCCO2)S(=O)(=O)Cc1ccc(C#N)cc1. The maximum absolute atomic E-state index is 12.8. The summed E-state index contributed by atoms with van der Waals surface area (Å²) < 4.78 is 38.1. The standard InChI is InChI=1S/C19H20N2O4S/c1-2-21(13-17-7-8-18-19(11-17)25-10-9-24-18)26(22,23)14-16-5-3-15(12-20)4-6-16/h3-8,11H,2,9-10,13-14H2,1H3. The van der Waals surface area contributed by atoms with Crippen LogP contribution in [0.5, 0.6) is 11.5 Å². The molecule has 0 fully saturated rings. The molecule has 3 rings (SSSR count). The second-order valence-corrected chi connectivity index (χ2v) is 7.94. The van der Waals surface area contributed by atoms with Gasteiger partial charge in [-0.05, 0) is 35.4 Å². The van der Waals surface area contributed by atoms with Gasteiger partial charge in [0, 0.05) is 13.1 Å². The molecule has 0 spiro atoms. The van der Waals surface area contributed by atoms with Gasteiger partial charge in [0.1, 0.15) is 13.2 Å². The lowest BCUT2D eigenvalue weighted by molar-refractivity contribution is 0.171. The van der Waals surface area contributed by atoms with E-state index in [9.17, 15) is 8.42 Å². The van der Waals surface area contributed by atoms with Gasteiger partial charge in [-0.25, -0.2) is 8.42 Å². The van der Waals surface area contributed by atoms with Crippen molar-refractivity contribution in [3.05, 3.63) is 59.2 Å². The van der Waals surface area contributed by atoms with Crippen LogP contribution in [0, 0.1) is 11.3 Å². The molecule has 1 aliphatic heterocycles. The average molecular weight is 372 g/mol. The van der Waals surface area contributed by atoms with E-state index in [2.05, 4.69) is 0 Å². The van der Waals surface area contributed by atoms with Crippen LogP contribution in [-0.4, -0.2) is 32.5 Å². The van der Waals surface area contributed by atoms with Crippen LogP contribution in [0.3, 0.4) is 0 Å². The number of sulfonamides is 1. The molecule has 2 aromatic rings. The van der Waals surface area contributed by atoms with E-state index in [1.165, 1.54) is 4.31 Å². The summed E-state index contributed by atoms with van der Waals surface area (Å²) in [5, 5.41) is 8.84. The van der Waals surface area contributed by atoms with Gasteiger partial charge in [0.25, 0.3) is 0 Å². The highest BCUT2D eigenvalue weighted by molar-refractivity contribution is 7.88. The van der Waals surface area contributed by atoms with Gasteiger partial charge in [-0.1, -0.05) is 25.1 Å². The van der Waals surface area contributed by atoms with Gasteiger partial charge in [-0.2, -0.15) is 9.57 Å². The molecule has 7 heteroatoms. The molecule has 136 valence electrons. The van der Waals surface area contributed by atoms with Crippen molar-refractivity contribution in [2.75, 3.05) is 19.8 Å². The molecule has 0 N–H and O–H groups in total. The van der Waals surface area contributed by atoms with Crippen molar-refractivity contribution in [1.29, 1.82) is 5.26 Å². The second-order valence-electron chi connectivity index (χ2n) is 5.97. The van der Waals surface area contributed by atoms with Crippen LogP contribution >= 0.6 is 0 Å². The fourth-order valence-corrected chi connectivity index (χ4v) is 4.31. The first-order valence-corrected chi connectivity index (χ1v) is 9.98. The van der Waals surface area contributed by atoms with Crippen LogP contribution in [0.1, 0.15) is 23.6 Å². The Morgan fingerprint density at radius 2 is 1.69 bits per heavy atom. The fraction of sp³-hybridized carbons (Fsp3) is 0.316. The molecule has 0 saturated carbocycles. The van der Waals surface area contributed by atoms with Crippen LogP contribution in [0.15, 0.2) is 42.5 Å². The lowest BCUT2D eigenvalue weighted by Crippen LogP contribution is -2.31. The third kappa shape index (κ3) is 4.15. The number of fused-ring (bicyclic) bond motifs is 1. The van der Waals surface area contributed by atoms with Gasteiger partial charge >= 0.3 is 0 Å². The quantitative estimate of drug-likeness (QED) is 0.779. The number of benzene rings is 2. The molecule has 0 bridgehead atoms. The van der Waals surface area contributed by atoms with Crippen LogP contribution < -0.4 is 9.47 Å². The van der Waals surface area contributed by atoms with Crippen LogP contribution in [0.25, 0.3) is 0 Å². The molecule has 2 aromatic carbocycles. The molecule has 1 aliphatic rings. The van der Waals surface area contributed by atoms with Gasteiger partial charge in [0.15, 0.2) is 11.5 Å². The van der Waals surface area contributed by atoms with E-state index in [1.807, 2.05) is 31.2 Å². The van der Waals surface area contributed by atoms with E-state index in [0.29, 0.717) is 42.4 Å². The summed E-state index contributed by atoms with van der Waals surface area (Å²) in [5.74, 6) is 1.23. The predicted molar refractivity (Wildman–Crippen MR) is 97.3 cm³/mol. The van der Waals surface area contributed by atoms with Gasteiger partial charge in [0.05, 0.1) is 17.4 Å². The Hall–Kier alpha value is -2.56. The summed E-state index contributed by atoms with van der Waals surface area (Å²) >= 11 is 0. The highest BCUT2D eigenvalue weighted by Gasteiger charge is 2.22. The number of rotatable bonds is 6. The van der Waals surface area contributed by atoms with E-state index < -0.39 is 10.0 Å². The molecule has 0 aromatic heterocycles. The van der Waals surface area contributed by atoms with Gasteiger partial charge in [0.2, 0.25) is 10.0 Å². The lowest BCUT2D eigenvalue weighted by atomic mass is 10.2.